The standard InChI is InChI=1S/C21H28N4O7/c1-20(19(27)23-16-12-15(25(28)29)2-3-17(16)32-20)18(26)22-13-21(4-8-30-9-5-21)14-24-6-10-31-11-7-24/h2-3,12H,4-11,13-14H2,1H3,(H,22,26)(H,23,27). The summed E-state index contributed by atoms with van der Waals surface area (Å²) in [6.07, 6.45) is 1.61. The summed E-state index contributed by atoms with van der Waals surface area (Å²) in [7, 11) is 0. The summed E-state index contributed by atoms with van der Waals surface area (Å²) in [6, 6.07) is 3.87. The number of nitrogens with one attached hydrogen (secondary N) is 2. The number of carbonyl (C=O) groups excluding carboxylic acids is 2. The van der Waals surface area contributed by atoms with Gasteiger partial charge in [-0.2, -0.15) is 0 Å². The van der Waals surface area contributed by atoms with E-state index in [1.807, 2.05) is 0 Å². The Morgan fingerprint density at radius 1 is 1.22 bits per heavy atom. The average Bonchev–Trinajstić information content (AvgIpc) is 2.79. The second kappa shape index (κ2) is 9.00. The van der Waals surface area contributed by atoms with Crippen LogP contribution in [0.2, 0.25) is 0 Å². The Balaban J connectivity index is 1.45. The van der Waals surface area contributed by atoms with E-state index in [1.165, 1.54) is 25.1 Å². The molecule has 11 heteroatoms. The van der Waals surface area contributed by atoms with Gasteiger partial charge in [0.05, 0.1) is 23.8 Å². The molecule has 2 N–H and O–H groups in total. The number of nitro benzene ring substituents is 1. The summed E-state index contributed by atoms with van der Waals surface area (Å²) in [5.74, 6) is -1.01. The third-order valence-electron chi connectivity index (χ3n) is 6.44. The van der Waals surface area contributed by atoms with Crippen molar-refractivity contribution >= 4 is 23.2 Å². The maximum absolute atomic E-state index is 13.1. The Morgan fingerprint density at radius 3 is 2.59 bits per heavy atom. The molecule has 11 nitrogen and oxygen atoms in total. The number of hydrogen-bond acceptors (Lipinski definition) is 8. The molecule has 2 amide bonds. The molecule has 1 atom stereocenters. The lowest BCUT2D eigenvalue weighted by atomic mass is 9.79. The number of hydrogen-bond donors (Lipinski definition) is 2. The molecule has 1 aromatic rings. The van der Waals surface area contributed by atoms with Crippen LogP contribution in [0.4, 0.5) is 11.4 Å². The Morgan fingerprint density at radius 2 is 1.91 bits per heavy atom. The number of ether oxygens (including phenoxy) is 3. The molecule has 3 heterocycles. The third kappa shape index (κ3) is 4.54. The molecular weight excluding hydrogens is 420 g/mol. The highest BCUT2D eigenvalue weighted by molar-refractivity contribution is 6.15. The first kappa shape index (κ1) is 22.4. The molecule has 3 aliphatic rings. The van der Waals surface area contributed by atoms with Crippen molar-refractivity contribution in [2.75, 3.05) is 57.9 Å². The Bertz CT molecular complexity index is 896. The molecule has 0 saturated carbocycles. The fraction of sp³-hybridized carbons (Fsp3) is 0.619. The minimum Gasteiger partial charge on any atom is -0.466 e. The van der Waals surface area contributed by atoms with Crippen LogP contribution in [-0.4, -0.2) is 79.8 Å². The van der Waals surface area contributed by atoms with Gasteiger partial charge in [-0.15, -0.1) is 0 Å². The topological polar surface area (TPSA) is 132 Å². The Labute approximate surface area is 185 Å². The maximum Gasteiger partial charge on any atom is 0.278 e. The molecule has 3 aliphatic heterocycles. The van der Waals surface area contributed by atoms with Crippen LogP contribution in [0, 0.1) is 15.5 Å². The van der Waals surface area contributed by atoms with E-state index in [0.717, 1.165) is 32.5 Å². The van der Waals surface area contributed by atoms with Crippen LogP contribution < -0.4 is 15.4 Å². The normalized spacial score (nSPS) is 25.2. The van der Waals surface area contributed by atoms with Gasteiger partial charge in [-0.1, -0.05) is 0 Å². The number of amides is 2. The zero-order valence-corrected chi connectivity index (χ0v) is 18.1. The number of nitrogens with zero attached hydrogens (tertiary/aromatic N) is 2. The molecule has 174 valence electrons. The number of non-ortho nitro benzene ring substituents is 1. The van der Waals surface area contributed by atoms with Gasteiger partial charge in [-0.25, -0.2) is 0 Å². The van der Waals surface area contributed by atoms with Crippen LogP contribution in [0.25, 0.3) is 0 Å². The van der Waals surface area contributed by atoms with Crippen molar-refractivity contribution in [3.05, 3.63) is 28.3 Å². The van der Waals surface area contributed by atoms with E-state index in [-0.39, 0.29) is 22.5 Å². The first-order valence-electron chi connectivity index (χ1n) is 10.8. The van der Waals surface area contributed by atoms with Crippen LogP contribution in [0.1, 0.15) is 19.8 Å². The number of anilines is 1. The van der Waals surface area contributed by atoms with Crippen LogP contribution in [0.3, 0.4) is 0 Å². The molecule has 4 rings (SSSR count). The molecule has 1 unspecified atom stereocenters. The predicted molar refractivity (Wildman–Crippen MR) is 114 cm³/mol. The number of benzene rings is 1. The smallest absolute Gasteiger partial charge is 0.278 e. The molecule has 2 fully saturated rings. The summed E-state index contributed by atoms with van der Waals surface area (Å²) in [5, 5.41) is 16.5. The number of rotatable bonds is 6. The second-order valence-electron chi connectivity index (χ2n) is 8.71. The van der Waals surface area contributed by atoms with Crippen molar-refractivity contribution in [2.45, 2.75) is 25.4 Å². The van der Waals surface area contributed by atoms with Crippen LogP contribution in [-0.2, 0) is 19.1 Å². The summed E-state index contributed by atoms with van der Waals surface area (Å²) in [6.45, 7) is 6.96. The fourth-order valence-corrected chi connectivity index (χ4v) is 4.34. The van der Waals surface area contributed by atoms with Crippen LogP contribution in [0.15, 0.2) is 18.2 Å². The summed E-state index contributed by atoms with van der Waals surface area (Å²) >= 11 is 0. The molecule has 1 aromatic carbocycles. The predicted octanol–water partition coefficient (Wildman–Crippen LogP) is 0.930. The first-order chi connectivity index (χ1) is 15.3. The average molecular weight is 448 g/mol. The SMILES string of the molecule is CC1(C(=O)NCC2(CN3CCOCC3)CCOCC2)Oc2ccc([N+](=O)[O-])cc2NC1=O. The molecule has 0 aliphatic carbocycles. The summed E-state index contributed by atoms with van der Waals surface area (Å²) in [5.41, 5.74) is -1.95. The van der Waals surface area contributed by atoms with Crippen LogP contribution >= 0.6 is 0 Å². The lowest BCUT2D eigenvalue weighted by Crippen LogP contribution is -2.60. The lowest BCUT2D eigenvalue weighted by Gasteiger charge is -2.42. The van der Waals surface area contributed by atoms with E-state index in [2.05, 4.69) is 15.5 Å². The fourth-order valence-electron chi connectivity index (χ4n) is 4.34. The maximum atomic E-state index is 13.1. The van der Waals surface area contributed by atoms with Crippen molar-refractivity contribution in [3.63, 3.8) is 0 Å². The van der Waals surface area contributed by atoms with E-state index in [1.54, 1.807) is 0 Å². The van der Waals surface area contributed by atoms with Gasteiger partial charge in [0.15, 0.2) is 0 Å². The molecular formula is C21H28N4O7. The Hall–Kier alpha value is -2.76. The van der Waals surface area contributed by atoms with Crippen molar-refractivity contribution in [2.24, 2.45) is 5.41 Å². The van der Waals surface area contributed by atoms with Crippen LogP contribution in [0.5, 0.6) is 5.75 Å². The van der Waals surface area contributed by atoms with Gasteiger partial charge >= 0.3 is 0 Å². The first-order valence-corrected chi connectivity index (χ1v) is 10.8. The monoisotopic (exact) mass is 448 g/mol. The van der Waals surface area contributed by atoms with Crippen molar-refractivity contribution in [1.82, 2.24) is 10.2 Å². The van der Waals surface area contributed by atoms with E-state index in [0.29, 0.717) is 33.0 Å². The van der Waals surface area contributed by atoms with E-state index < -0.39 is 22.3 Å². The highest BCUT2D eigenvalue weighted by Gasteiger charge is 2.48. The van der Waals surface area contributed by atoms with Crippen molar-refractivity contribution in [1.29, 1.82) is 0 Å². The highest BCUT2D eigenvalue weighted by atomic mass is 16.6. The zero-order chi connectivity index (χ0) is 22.8. The van der Waals surface area contributed by atoms with Gasteiger partial charge in [0, 0.05) is 56.9 Å². The highest BCUT2D eigenvalue weighted by Crippen LogP contribution is 2.37. The van der Waals surface area contributed by atoms with Gasteiger partial charge in [0.25, 0.3) is 23.1 Å². The number of carbonyl (C=O) groups is 2. The number of morpholine rings is 1. The second-order valence-corrected chi connectivity index (χ2v) is 8.71. The minimum atomic E-state index is -1.78. The quantitative estimate of drug-likeness (QED) is 0.373. The van der Waals surface area contributed by atoms with Gasteiger partial charge in [0.2, 0.25) is 0 Å². The summed E-state index contributed by atoms with van der Waals surface area (Å²) < 4.78 is 16.7. The molecule has 0 aromatic heterocycles. The lowest BCUT2D eigenvalue weighted by molar-refractivity contribution is -0.384. The van der Waals surface area contributed by atoms with Crippen molar-refractivity contribution in [3.8, 4) is 5.75 Å². The van der Waals surface area contributed by atoms with E-state index in [4.69, 9.17) is 14.2 Å². The van der Waals surface area contributed by atoms with Gasteiger partial charge in [-0.3, -0.25) is 24.6 Å². The van der Waals surface area contributed by atoms with Gasteiger partial charge < -0.3 is 24.8 Å². The molecule has 0 spiro atoms. The van der Waals surface area contributed by atoms with E-state index >= 15 is 0 Å². The molecule has 32 heavy (non-hydrogen) atoms. The van der Waals surface area contributed by atoms with E-state index in [9.17, 15) is 19.7 Å². The Kier molecular flexibility index (Phi) is 6.31. The molecule has 2 saturated heterocycles. The summed E-state index contributed by atoms with van der Waals surface area (Å²) in [4.78, 5) is 38.6. The van der Waals surface area contributed by atoms with Gasteiger partial charge in [0.1, 0.15) is 5.75 Å². The number of nitro groups is 1. The van der Waals surface area contributed by atoms with Gasteiger partial charge in [-0.05, 0) is 25.8 Å². The van der Waals surface area contributed by atoms with Crippen molar-refractivity contribution < 1.29 is 28.7 Å². The third-order valence-corrected chi connectivity index (χ3v) is 6.44. The molecule has 0 bridgehead atoms. The molecule has 0 radical (unpaired) electrons. The minimum absolute atomic E-state index is 0.161. The largest absolute Gasteiger partial charge is 0.466 e. The number of fused-ring (bicyclic) bond motifs is 1. The zero-order valence-electron chi connectivity index (χ0n) is 18.1.